The first-order chi connectivity index (χ1) is 16.8. The minimum Gasteiger partial charge on any atom is -0.395 e. The molecule has 0 aliphatic rings. The molecule has 1 amide bonds. The molecule has 4 rings (SSSR count). The second-order valence-electron chi connectivity index (χ2n) is 7.60. The largest absolute Gasteiger partial charge is 0.395 e. The van der Waals surface area contributed by atoms with Gasteiger partial charge < -0.3 is 15.7 Å². The summed E-state index contributed by atoms with van der Waals surface area (Å²) in [4.78, 5) is 33.5. The van der Waals surface area contributed by atoms with Crippen molar-refractivity contribution in [1.82, 2.24) is 19.9 Å². The third-order valence-electron chi connectivity index (χ3n) is 5.20. The molecule has 4 aromatic rings. The normalized spacial score (nSPS) is 11.0. The van der Waals surface area contributed by atoms with Crippen LogP contribution in [0.5, 0.6) is 0 Å². The Morgan fingerprint density at radius 2 is 1.80 bits per heavy atom. The van der Waals surface area contributed by atoms with Crippen molar-refractivity contribution in [3.63, 3.8) is 0 Å². The van der Waals surface area contributed by atoms with Crippen molar-refractivity contribution >= 4 is 22.9 Å². The SMILES string of the molecule is Cc1cc(F)ccc1-c1nc(NCC(=O)NCCO)nc2c1ccc(=O)n2-c1c(F)cccc1F. The van der Waals surface area contributed by atoms with E-state index in [0.717, 1.165) is 22.8 Å². The van der Waals surface area contributed by atoms with Gasteiger partial charge in [-0.05, 0) is 48.9 Å². The zero-order chi connectivity index (χ0) is 25.1. The van der Waals surface area contributed by atoms with Crippen LogP contribution in [0.1, 0.15) is 5.56 Å². The van der Waals surface area contributed by atoms with Crippen molar-refractivity contribution < 1.29 is 23.1 Å². The van der Waals surface area contributed by atoms with Crippen LogP contribution in [0.15, 0.2) is 53.3 Å². The van der Waals surface area contributed by atoms with Gasteiger partial charge in [-0.1, -0.05) is 6.07 Å². The third kappa shape index (κ3) is 4.85. The summed E-state index contributed by atoms with van der Waals surface area (Å²) in [6, 6.07) is 9.77. The summed E-state index contributed by atoms with van der Waals surface area (Å²) in [6.07, 6.45) is 0. The number of halogens is 3. The van der Waals surface area contributed by atoms with E-state index in [0.29, 0.717) is 11.1 Å². The summed E-state index contributed by atoms with van der Waals surface area (Å²) < 4.78 is 43.9. The maximum atomic E-state index is 14.7. The number of hydrogen-bond acceptors (Lipinski definition) is 6. The molecule has 0 spiro atoms. The molecule has 35 heavy (non-hydrogen) atoms. The van der Waals surface area contributed by atoms with Crippen LogP contribution in [0.2, 0.25) is 0 Å². The van der Waals surface area contributed by atoms with Crippen LogP contribution < -0.4 is 16.2 Å². The fourth-order valence-corrected chi connectivity index (χ4v) is 3.63. The molecule has 0 atom stereocenters. The van der Waals surface area contributed by atoms with Gasteiger partial charge in [0.1, 0.15) is 23.1 Å². The monoisotopic (exact) mass is 483 g/mol. The van der Waals surface area contributed by atoms with Gasteiger partial charge in [0.15, 0.2) is 5.65 Å². The maximum absolute atomic E-state index is 14.7. The number of amides is 1. The highest BCUT2D eigenvalue weighted by Crippen LogP contribution is 2.31. The summed E-state index contributed by atoms with van der Waals surface area (Å²) in [5.41, 5.74) is -0.203. The third-order valence-corrected chi connectivity index (χ3v) is 5.20. The Hall–Kier alpha value is -4.25. The molecule has 0 unspecified atom stereocenters. The van der Waals surface area contributed by atoms with Crippen LogP contribution in [-0.4, -0.2) is 45.2 Å². The number of pyridine rings is 1. The number of aliphatic hydroxyl groups excluding tert-OH is 1. The number of rotatable bonds is 7. The summed E-state index contributed by atoms with van der Waals surface area (Å²) in [5.74, 6) is -2.99. The number of hydrogen-bond donors (Lipinski definition) is 3. The van der Waals surface area contributed by atoms with Crippen LogP contribution in [0.25, 0.3) is 28.0 Å². The molecule has 0 fully saturated rings. The van der Waals surface area contributed by atoms with Gasteiger partial charge in [-0.2, -0.15) is 4.98 Å². The molecule has 2 heterocycles. The Labute approximate surface area is 197 Å². The molecule has 2 aromatic heterocycles. The molecule has 0 saturated heterocycles. The van der Waals surface area contributed by atoms with Gasteiger partial charge in [-0.15, -0.1) is 0 Å². The molecule has 3 N–H and O–H groups in total. The lowest BCUT2D eigenvalue weighted by Crippen LogP contribution is -2.32. The summed E-state index contributed by atoms with van der Waals surface area (Å²) in [6.45, 7) is 1.19. The van der Waals surface area contributed by atoms with Crippen molar-refractivity contribution in [3.8, 4) is 16.9 Å². The van der Waals surface area contributed by atoms with Crippen LogP contribution in [0.4, 0.5) is 19.1 Å². The minimum absolute atomic E-state index is 0.0468. The van der Waals surface area contributed by atoms with Gasteiger partial charge in [0, 0.05) is 23.6 Å². The number of fused-ring (bicyclic) bond motifs is 1. The topological polar surface area (TPSA) is 109 Å². The zero-order valence-corrected chi connectivity index (χ0v) is 18.5. The molecule has 8 nitrogen and oxygen atoms in total. The highest BCUT2D eigenvalue weighted by atomic mass is 19.1. The summed E-state index contributed by atoms with van der Waals surface area (Å²) >= 11 is 0. The number of aliphatic hydroxyl groups is 1. The average molecular weight is 483 g/mol. The van der Waals surface area contributed by atoms with Crippen molar-refractivity contribution in [1.29, 1.82) is 0 Å². The fraction of sp³-hybridized carbons (Fsp3) is 0.167. The Bertz CT molecular complexity index is 1470. The first-order valence-electron chi connectivity index (χ1n) is 10.6. The number of aryl methyl sites for hydroxylation is 1. The number of nitrogens with zero attached hydrogens (tertiary/aromatic N) is 3. The quantitative estimate of drug-likeness (QED) is 0.373. The van der Waals surface area contributed by atoms with E-state index in [1.165, 1.54) is 30.3 Å². The Kier molecular flexibility index (Phi) is 6.78. The molecule has 0 aliphatic heterocycles. The lowest BCUT2D eigenvalue weighted by molar-refractivity contribution is -0.119. The van der Waals surface area contributed by atoms with E-state index in [2.05, 4.69) is 20.6 Å². The van der Waals surface area contributed by atoms with Crippen LogP contribution in [-0.2, 0) is 4.79 Å². The van der Waals surface area contributed by atoms with Crippen molar-refractivity contribution in [3.05, 3.63) is 81.9 Å². The number of aromatic nitrogens is 3. The van der Waals surface area contributed by atoms with Crippen molar-refractivity contribution in [2.75, 3.05) is 25.0 Å². The zero-order valence-electron chi connectivity index (χ0n) is 18.5. The van der Waals surface area contributed by atoms with Crippen LogP contribution in [0, 0.1) is 24.4 Å². The Morgan fingerprint density at radius 3 is 2.49 bits per heavy atom. The maximum Gasteiger partial charge on any atom is 0.256 e. The van der Waals surface area contributed by atoms with Crippen molar-refractivity contribution in [2.24, 2.45) is 0 Å². The van der Waals surface area contributed by atoms with Crippen LogP contribution >= 0.6 is 0 Å². The molecular formula is C24H20F3N5O3. The molecule has 0 aliphatic carbocycles. The number of benzene rings is 2. The molecule has 11 heteroatoms. The summed E-state index contributed by atoms with van der Waals surface area (Å²) in [5, 5.41) is 14.3. The van der Waals surface area contributed by atoms with E-state index >= 15 is 0 Å². The highest BCUT2D eigenvalue weighted by Gasteiger charge is 2.20. The Morgan fingerprint density at radius 1 is 1.06 bits per heavy atom. The minimum atomic E-state index is -0.976. The first kappa shape index (κ1) is 23.9. The molecule has 2 aromatic carbocycles. The molecule has 0 bridgehead atoms. The second kappa shape index (κ2) is 9.94. The van der Waals surface area contributed by atoms with E-state index in [1.807, 2.05) is 0 Å². The number of para-hydroxylation sites is 1. The lowest BCUT2D eigenvalue weighted by Gasteiger charge is -2.16. The molecule has 0 saturated carbocycles. The average Bonchev–Trinajstić information content (AvgIpc) is 2.82. The first-order valence-corrected chi connectivity index (χ1v) is 10.6. The van der Waals surface area contributed by atoms with Crippen LogP contribution in [0.3, 0.4) is 0 Å². The number of nitrogens with one attached hydrogen (secondary N) is 2. The van der Waals surface area contributed by atoms with E-state index in [-0.39, 0.29) is 42.4 Å². The predicted octanol–water partition coefficient (Wildman–Crippen LogP) is 2.69. The van der Waals surface area contributed by atoms with Gasteiger partial charge in [0.25, 0.3) is 5.56 Å². The number of carbonyl (C=O) groups excluding carboxylic acids is 1. The van der Waals surface area contributed by atoms with Crippen molar-refractivity contribution in [2.45, 2.75) is 6.92 Å². The molecule has 0 radical (unpaired) electrons. The van der Waals surface area contributed by atoms with E-state index in [9.17, 15) is 22.8 Å². The lowest BCUT2D eigenvalue weighted by atomic mass is 10.0. The standard InChI is InChI=1S/C24H20F3N5O3/c1-13-11-14(25)5-6-15(13)21-16-7-8-20(35)32(22-17(26)3-2-4-18(22)27)23(16)31-24(30-21)29-12-19(34)28-9-10-33/h2-8,11,33H,9-10,12H2,1H3,(H,28,34)(H,29,30,31). The van der Waals surface area contributed by atoms with Gasteiger partial charge in [0.05, 0.1) is 18.8 Å². The van der Waals surface area contributed by atoms with Gasteiger partial charge in [0.2, 0.25) is 11.9 Å². The highest BCUT2D eigenvalue weighted by molar-refractivity contribution is 5.93. The summed E-state index contributed by atoms with van der Waals surface area (Å²) in [7, 11) is 0. The van der Waals surface area contributed by atoms with Gasteiger partial charge in [-0.3, -0.25) is 14.2 Å². The molecular weight excluding hydrogens is 463 g/mol. The Balaban J connectivity index is 1.97. The fourth-order valence-electron chi connectivity index (χ4n) is 3.63. The smallest absolute Gasteiger partial charge is 0.256 e. The second-order valence-corrected chi connectivity index (χ2v) is 7.60. The number of carbonyl (C=O) groups is 1. The van der Waals surface area contributed by atoms with Gasteiger partial charge in [-0.25, -0.2) is 18.2 Å². The van der Waals surface area contributed by atoms with Gasteiger partial charge >= 0.3 is 0 Å². The number of anilines is 1. The predicted molar refractivity (Wildman–Crippen MR) is 124 cm³/mol. The van der Waals surface area contributed by atoms with E-state index in [4.69, 9.17) is 5.11 Å². The van der Waals surface area contributed by atoms with E-state index < -0.39 is 34.6 Å². The molecule has 180 valence electrons. The van der Waals surface area contributed by atoms with E-state index in [1.54, 1.807) is 6.92 Å².